The molecule has 0 N–H and O–H groups in total. The second-order valence-electron chi connectivity index (χ2n) is 5.60. The molecule has 2 aromatic carbocycles. The highest BCUT2D eigenvalue weighted by atomic mass is 16.1. The molecular weight excluding hydrogens is 300 g/mol. The number of rotatable bonds is 4. The van der Waals surface area contributed by atoms with Gasteiger partial charge in [-0.1, -0.05) is 48.6 Å². The first-order valence-corrected chi connectivity index (χ1v) is 7.67. The molecule has 0 amide bonds. The largest absolute Gasteiger partial charge is 0.328 e. The minimum Gasteiger partial charge on any atom is -0.295 e. The maximum Gasteiger partial charge on any atom is 0.328 e. The summed E-state index contributed by atoms with van der Waals surface area (Å²) in [7, 11) is 3.43. The topological polar surface area (TPSA) is 44.0 Å². The van der Waals surface area contributed by atoms with Crippen LogP contribution in [0, 0.1) is 0 Å². The van der Waals surface area contributed by atoms with Crippen molar-refractivity contribution in [3.8, 4) is 0 Å². The molecule has 0 unspecified atom stereocenters. The standard InChI is InChI=1S/C20H18N2O2/c1-21-17-13-12-16(14-18(17)22(2)20(21)24)19(23)11-7-6-10-15-8-4-3-5-9-15/h3-14H,1-2H3/b10-6+,11-7+. The van der Waals surface area contributed by atoms with Crippen LogP contribution < -0.4 is 5.69 Å². The number of benzene rings is 2. The van der Waals surface area contributed by atoms with Gasteiger partial charge in [0.25, 0.3) is 0 Å². The second-order valence-corrected chi connectivity index (χ2v) is 5.60. The third kappa shape index (κ3) is 2.99. The maximum atomic E-state index is 12.3. The summed E-state index contributed by atoms with van der Waals surface area (Å²) >= 11 is 0. The Morgan fingerprint density at radius 1 is 0.917 bits per heavy atom. The molecule has 1 aromatic heterocycles. The van der Waals surface area contributed by atoms with Gasteiger partial charge in [-0.15, -0.1) is 0 Å². The predicted octanol–water partition coefficient (Wildman–Crippen LogP) is 3.33. The van der Waals surface area contributed by atoms with Crippen molar-refractivity contribution in [2.24, 2.45) is 14.1 Å². The minimum absolute atomic E-state index is 0.0917. The first kappa shape index (κ1) is 15.7. The lowest BCUT2D eigenvalue weighted by molar-refractivity contribution is 0.104. The number of carbonyl (C=O) groups excluding carboxylic acids is 1. The molecule has 24 heavy (non-hydrogen) atoms. The molecule has 0 aliphatic heterocycles. The number of nitrogens with zero attached hydrogens (tertiary/aromatic N) is 2. The average Bonchev–Trinajstić information content (AvgIpc) is 2.83. The van der Waals surface area contributed by atoms with Gasteiger partial charge in [0.15, 0.2) is 5.78 Å². The Balaban J connectivity index is 1.81. The first-order valence-electron chi connectivity index (χ1n) is 7.67. The van der Waals surface area contributed by atoms with Gasteiger partial charge in [-0.2, -0.15) is 0 Å². The van der Waals surface area contributed by atoms with E-state index in [9.17, 15) is 9.59 Å². The highest BCUT2D eigenvalue weighted by Crippen LogP contribution is 2.14. The summed E-state index contributed by atoms with van der Waals surface area (Å²) in [5.74, 6) is -0.0917. The lowest BCUT2D eigenvalue weighted by Crippen LogP contribution is -2.19. The number of fused-ring (bicyclic) bond motifs is 1. The Labute approximate surface area is 140 Å². The maximum absolute atomic E-state index is 12.3. The van der Waals surface area contributed by atoms with E-state index in [0.717, 1.165) is 16.6 Å². The fraction of sp³-hybridized carbons (Fsp3) is 0.100. The van der Waals surface area contributed by atoms with Crippen LogP contribution in [0.5, 0.6) is 0 Å². The van der Waals surface area contributed by atoms with Gasteiger partial charge in [-0.05, 0) is 29.8 Å². The summed E-state index contributed by atoms with van der Waals surface area (Å²) in [6.45, 7) is 0. The first-order chi connectivity index (χ1) is 11.6. The number of hydrogen-bond donors (Lipinski definition) is 0. The number of allylic oxidation sites excluding steroid dienone is 3. The smallest absolute Gasteiger partial charge is 0.295 e. The van der Waals surface area contributed by atoms with Gasteiger partial charge in [0, 0.05) is 19.7 Å². The Bertz CT molecular complexity index is 1010. The number of hydrogen-bond acceptors (Lipinski definition) is 2. The quantitative estimate of drug-likeness (QED) is 0.421. The summed E-state index contributed by atoms with van der Waals surface area (Å²) < 4.78 is 3.12. The molecule has 0 aliphatic rings. The highest BCUT2D eigenvalue weighted by molar-refractivity contribution is 6.06. The zero-order valence-electron chi connectivity index (χ0n) is 13.6. The van der Waals surface area contributed by atoms with E-state index in [0.29, 0.717) is 5.56 Å². The Morgan fingerprint density at radius 3 is 2.38 bits per heavy atom. The Morgan fingerprint density at radius 2 is 1.62 bits per heavy atom. The molecule has 4 heteroatoms. The van der Waals surface area contributed by atoms with Gasteiger partial charge >= 0.3 is 5.69 Å². The zero-order chi connectivity index (χ0) is 17.1. The molecule has 0 bridgehead atoms. The van der Waals surface area contributed by atoms with Crippen LogP contribution in [-0.2, 0) is 14.1 Å². The van der Waals surface area contributed by atoms with Crippen molar-refractivity contribution in [3.63, 3.8) is 0 Å². The van der Waals surface area contributed by atoms with Crippen LogP contribution in [0.2, 0.25) is 0 Å². The second kappa shape index (κ2) is 6.54. The third-order valence-electron chi connectivity index (χ3n) is 4.00. The molecule has 3 aromatic rings. The van der Waals surface area contributed by atoms with Gasteiger partial charge in [-0.3, -0.25) is 13.9 Å². The number of carbonyl (C=O) groups is 1. The van der Waals surface area contributed by atoms with Crippen molar-refractivity contribution in [3.05, 3.63) is 88.4 Å². The molecule has 0 atom stereocenters. The summed E-state index contributed by atoms with van der Waals surface area (Å²) in [5, 5.41) is 0. The molecule has 0 saturated carbocycles. The monoisotopic (exact) mass is 318 g/mol. The van der Waals surface area contributed by atoms with Crippen molar-refractivity contribution in [1.29, 1.82) is 0 Å². The Kier molecular flexibility index (Phi) is 4.29. The van der Waals surface area contributed by atoms with Crippen molar-refractivity contribution >= 4 is 22.9 Å². The van der Waals surface area contributed by atoms with Crippen LogP contribution in [-0.4, -0.2) is 14.9 Å². The van der Waals surface area contributed by atoms with Crippen LogP contribution in [0.1, 0.15) is 15.9 Å². The molecule has 0 saturated heterocycles. The molecular formula is C20H18N2O2. The highest BCUT2D eigenvalue weighted by Gasteiger charge is 2.10. The molecule has 3 rings (SSSR count). The van der Waals surface area contributed by atoms with Crippen LogP contribution in [0.4, 0.5) is 0 Å². The van der Waals surface area contributed by atoms with E-state index in [1.165, 1.54) is 6.08 Å². The number of imidazole rings is 1. The Hall–Kier alpha value is -3.14. The molecule has 0 spiro atoms. The van der Waals surface area contributed by atoms with Crippen molar-refractivity contribution in [2.75, 3.05) is 0 Å². The predicted molar refractivity (Wildman–Crippen MR) is 97.1 cm³/mol. The number of aryl methyl sites for hydroxylation is 2. The van der Waals surface area contributed by atoms with E-state index in [-0.39, 0.29) is 11.5 Å². The fourth-order valence-corrected chi connectivity index (χ4v) is 2.63. The van der Waals surface area contributed by atoms with Crippen LogP contribution in [0.15, 0.2) is 71.6 Å². The van der Waals surface area contributed by atoms with Crippen molar-refractivity contribution in [2.45, 2.75) is 0 Å². The molecule has 0 fully saturated rings. The minimum atomic E-state index is -0.101. The summed E-state index contributed by atoms with van der Waals surface area (Å²) in [4.78, 5) is 24.2. The SMILES string of the molecule is Cn1c(=O)n(C)c2cc(C(=O)/C=C/C=C/c3ccccc3)ccc21. The molecule has 120 valence electrons. The lowest BCUT2D eigenvalue weighted by atomic mass is 10.1. The molecule has 1 heterocycles. The van der Waals surface area contributed by atoms with Gasteiger partial charge < -0.3 is 0 Å². The van der Waals surface area contributed by atoms with E-state index < -0.39 is 0 Å². The lowest BCUT2D eigenvalue weighted by Gasteiger charge is -1.98. The van der Waals surface area contributed by atoms with E-state index >= 15 is 0 Å². The third-order valence-corrected chi connectivity index (χ3v) is 4.00. The van der Waals surface area contributed by atoms with Crippen molar-refractivity contribution in [1.82, 2.24) is 9.13 Å². The molecule has 4 nitrogen and oxygen atoms in total. The summed E-state index contributed by atoms with van der Waals surface area (Å²) in [6.07, 6.45) is 7.03. The zero-order valence-corrected chi connectivity index (χ0v) is 13.6. The van der Waals surface area contributed by atoms with E-state index in [1.807, 2.05) is 42.5 Å². The van der Waals surface area contributed by atoms with Crippen LogP contribution in [0.3, 0.4) is 0 Å². The van der Waals surface area contributed by atoms with Gasteiger partial charge in [0.1, 0.15) is 0 Å². The molecule has 0 aliphatic carbocycles. The average molecular weight is 318 g/mol. The van der Waals surface area contributed by atoms with Crippen molar-refractivity contribution < 1.29 is 4.79 Å². The number of ketones is 1. The fourth-order valence-electron chi connectivity index (χ4n) is 2.63. The van der Waals surface area contributed by atoms with E-state index in [4.69, 9.17) is 0 Å². The van der Waals surface area contributed by atoms with Gasteiger partial charge in [-0.25, -0.2) is 4.79 Å². The number of aromatic nitrogens is 2. The van der Waals surface area contributed by atoms with Gasteiger partial charge in [0.05, 0.1) is 11.0 Å². The van der Waals surface area contributed by atoms with Crippen LogP contribution >= 0.6 is 0 Å². The van der Waals surface area contributed by atoms with E-state index in [2.05, 4.69) is 0 Å². The molecule has 0 radical (unpaired) electrons. The van der Waals surface area contributed by atoms with E-state index in [1.54, 1.807) is 47.5 Å². The van der Waals surface area contributed by atoms with Crippen LogP contribution in [0.25, 0.3) is 17.1 Å². The summed E-state index contributed by atoms with van der Waals surface area (Å²) in [6, 6.07) is 15.2. The normalized spacial score (nSPS) is 11.8. The van der Waals surface area contributed by atoms with Gasteiger partial charge in [0.2, 0.25) is 0 Å². The summed E-state index contributed by atoms with van der Waals surface area (Å²) in [5.41, 5.74) is 3.10.